The Morgan fingerprint density at radius 2 is 1.29 bits per heavy atom. The first-order valence-corrected chi connectivity index (χ1v) is 7.32. The Hall–Kier alpha value is -0.0400. The minimum Gasteiger partial charge on any atom is -0.396 e. The Morgan fingerprint density at radius 1 is 0.706 bits per heavy atom. The monoisotopic (exact) mass is 247 g/mol. The zero-order valence-corrected chi connectivity index (χ0v) is 11.5. The van der Waals surface area contributed by atoms with E-state index in [4.69, 9.17) is 12.0 Å². The molecular formula is C16H34O. The molecule has 0 aliphatic rings. The van der Waals surface area contributed by atoms with E-state index < -0.39 is 19.1 Å². The molecule has 104 valence electrons. The molecule has 1 atom stereocenters. The van der Waals surface area contributed by atoms with Gasteiger partial charge in [0.1, 0.15) is 0 Å². The van der Waals surface area contributed by atoms with Crippen molar-refractivity contribution in [3.63, 3.8) is 0 Å². The molecule has 0 radical (unpaired) electrons. The van der Waals surface area contributed by atoms with Crippen LogP contribution < -0.4 is 0 Å². The Bertz CT molecular complexity index is 271. The van der Waals surface area contributed by atoms with Crippen molar-refractivity contribution in [2.75, 3.05) is 6.61 Å². The second-order valence-electron chi connectivity index (χ2n) is 4.62. The molecule has 0 fully saturated rings. The maximum Gasteiger partial charge on any atom is 0.0431 e. The molecule has 0 saturated carbocycles. The summed E-state index contributed by atoms with van der Waals surface area (Å²) in [6.07, 6.45) is 3.81. The average molecular weight is 247 g/mol. The highest BCUT2D eigenvalue weighted by Gasteiger charge is 1.93. The number of hydrogen-bond donors (Lipinski definition) is 1. The third kappa shape index (κ3) is 16.0. The van der Waals surface area contributed by atoms with Crippen molar-refractivity contribution in [2.45, 2.75) is 96.7 Å². The lowest BCUT2D eigenvalue weighted by molar-refractivity contribution is 0.282. The van der Waals surface area contributed by atoms with Gasteiger partial charge in [-0.1, -0.05) is 90.3 Å². The molecule has 0 heterocycles. The second-order valence-corrected chi connectivity index (χ2v) is 4.62. The molecule has 1 heteroatoms. The first-order chi connectivity index (χ1) is 10.3. The molecule has 0 aromatic heterocycles. The summed E-state index contributed by atoms with van der Waals surface area (Å²) in [5, 5.41) is 8.69. The van der Waals surface area contributed by atoms with Crippen molar-refractivity contribution in [1.29, 1.82) is 0 Å². The third-order valence-electron chi connectivity index (χ3n) is 2.87. The van der Waals surface area contributed by atoms with Crippen LogP contribution in [0.3, 0.4) is 0 Å². The van der Waals surface area contributed by atoms with Crippen molar-refractivity contribution >= 4 is 0 Å². The lowest BCUT2D eigenvalue weighted by Crippen LogP contribution is -1.84. The summed E-state index contributed by atoms with van der Waals surface area (Å²) >= 11 is 0. The van der Waals surface area contributed by atoms with Gasteiger partial charge in [0.2, 0.25) is 0 Å². The number of hydrogen-bond acceptors (Lipinski definition) is 1. The van der Waals surface area contributed by atoms with Crippen molar-refractivity contribution in [3.05, 3.63) is 0 Å². The van der Waals surface area contributed by atoms with E-state index in [1.54, 1.807) is 0 Å². The summed E-state index contributed by atoms with van der Waals surface area (Å²) in [4.78, 5) is 0. The normalized spacial score (nSPS) is 18.8. The van der Waals surface area contributed by atoms with Gasteiger partial charge >= 0.3 is 0 Å². The fourth-order valence-electron chi connectivity index (χ4n) is 1.75. The van der Waals surface area contributed by atoms with Gasteiger partial charge in [0.15, 0.2) is 0 Å². The van der Waals surface area contributed by atoms with Gasteiger partial charge < -0.3 is 5.11 Å². The highest BCUT2D eigenvalue weighted by Crippen LogP contribution is 2.12. The number of unbranched alkanes of at least 4 members (excludes halogenated alkanes) is 7. The van der Waals surface area contributed by atoms with E-state index in [9.17, 15) is 0 Å². The van der Waals surface area contributed by atoms with E-state index in [0.29, 0.717) is 12.8 Å². The Kier molecular flexibility index (Phi) is 9.23. The van der Waals surface area contributed by atoms with Crippen molar-refractivity contribution < 1.29 is 12.0 Å². The standard InChI is InChI=1S/C16H34O/c1-2-3-4-5-6-7-8-9-10-11-12-13-14-15-16-17/h17H,2-16H2,1H3/i6D,7D2,8D2. The van der Waals surface area contributed by atoms with Crippen LogP contribution in [0, 0.1) is 0 Å². The van der Waals surface area contributed by atoms with Crippen molar-refractivity contribution in [3.8, 4) is 0 Å². The number of aliphatic hydroxyl groups excluding tert-OH is 1. The van der Waals surface area contributed by atoms with E-state index in [2.05, 4.69) is 6.92 Å². The summed E-state index contributed by atoms with van der Waals surface area (Å²) < 4.78 is 40.0. The SMILES string of the molecule is [2H]C(CCCCC)C([2H])([2H])C([2H])([2H])CCCCCCCCO. The van der Waals surface area contributed by atoms with Crippen LogP contribution >= 0.6 is 0 Å². The van der Waals surface area contributed by atoms with Crippen LogP contribution in [0.1, 0.15) is 104 Å². The van der Waals surface area contributed by atoms with Crippen molar-refractivity contribution in [1.82, 2.24) is 0 Å². The Labute approximate surface area is 116 Å². The minimum atomic E-state index is -2.09. The third-order valence-corrected chi connectivity index (χ3v) is 2.87. The highest BCUT2D eigenvalue weighted by atomic mass is 16.2. The molecular weight excluding hydrogens is 208 g/mol. The van der Waals surface area contributed by atoms with E-state index in [1.165, 1.54) is 0 Å². The molecule has 0 amide bonds. The van der Waals surface area contributed by atoms with Crippen LogP contribution in [-0.2, 0) is 0 Å². The number of rotatable bonds is 14. The van der Waals surface area contributed by atoms with Crippen LogP contribution in [0.4, 0.5) is 0 Å². The molecule has 0 spiro atoms. The molecule has 0 aromatic rings. The summed E-state index contributed by atoms with van der Waals surface area (Å²) in [6, 6.07) is 0. The molecule has 1 unspecified atom stereocenters. The van der Waals surface area contributed by atoms with E-state index in [1.807, 2.05) is 0 Å². The molecule has 0 bridgehead atoms. The number of aliphatic hydroxyl groups is 1. The molecule has 1 N–H and O–H groups in total. The van der Waals surface area contributed by atoms with Gasteiger partial charge in [-0.2, -0.15) is 0 Å². The smallest absolute Gasteiger partial charge is 0.0431 e. The molecule has 0 aliphatic heterocycles. The molecule has 1 nitrogen and oxygen atoms in total. The van der Waals surface area contributed by atoms with Gasteiger partial charge in [0, 0.05) is 13.5 Å². The van der Waals surface area contributed by atoms with Crippen LogP contribution in [0.2, 0.25) is 0 Å². The predicted molar refractivity (Wildman–Crippen MR) is 77.4 cm³/mol. The van der Waals surface area contributed by atoms with Gasteiger partial charge in [-0.25, -0.2) is 0 Å². The fourth-order valence-corrected chi connectivity index (χ4v) is 1.75. The highest BCUT2D eigenvalue weighted by molar-refractivity contribution is 4.48. The zero-order valence-electron chi connectivity index (χ0n) is 16.5. The molecule has 0 aromatic carbocycles. The van der Waals surface area contributed by atoms with Gasteiger partial charge in [-0.3, -0.25) is 0 Å². The molecule has 0 rings (SSSR count). The van der Waals surface area contributed by atoms with Crippen LogP contribution in [0.15, 0.2) is 0 Å². The van der Waals surface area contributed by atoms with E-state index >= 15 is 0 Å². The lowest BCUT2D eigenvalue weighted by Gasteiger charge is -2.02. The Morgan fingerprint density at radius 3 is 1.94 bits per heavy atom. The quantitative estimate of drug-likeness (QED) is 0.404. The predicted octanol–water partition coefficient (Wildman–Crippen LogP) is 5.46. The Balaban J connectivity index is 4.10. The van der Waals surface area contributed by atoms with Gasteiger partial charge in [0.25, 0.3) is 0 Å². The van der Waals surface area contributed by atoms with Crippen molar-refractivity contribution in [2.24, 2.45) is 0 Å². The topological polar surface area (TPSA) is 20.2 Å². The van der Waals surface area contributed by atoms with Crippen LogP contribution in [0.5, 0.6) is 0 Å². The minimum absolute atomic E-state index is 0.184. The van der Waals surface area contributed by atoms with Crippen LogP contribution in [-0.4, -0.2) is 11.7 Å². The summed E-state index contributed by atoms with van der Waals surface area (Å²) in [7, 11) is 0. The van der Waals surface area contributed by atoms with Gasteiger partial charge in [0.05, 0.1) is 0 Å². The first kappa shape index (κ1) is 9.83. The summed E-state index contributed by atoms with van der Waals surface area (Å²) in [5.74, 6) is 0. The maximum absolute atomic E-state index is 8.69. The fraction of sp³-hybridized carbons (Fsp3) is 1.00. The largest absolute Gasteiger partial charge is 0.396 e. The van der Waals surface area contributed by atoms with Gasteiger partial charge in [-0.05, 0) is 6.42 Å². The molecule has 17 heavy (non-hydrogen) atoms. The van der Waals surface area contributed by atoms with E-state index in [-0.39, 0.29) is 13.0 Å². The summed E-state index contributed by atoms with van der Waals surface area (Å²) in [5.41, 5.74) is 0. The molecule has 0 aliphatic carbocycles. The second kappa shape index (κ2) is 16.0. The van der Waals surface area contributed by atoms with E-state index in [0.717, 1.165) is 51.4 Å². The maximum atomic E-state index is 8.69. The molecule has 0 saturated heterocycles. The average Bonchev–Trinajstić information content (AvgIpc) is 2.46. The van der Waals surface area contributed by atoms with Gasteiger partial charge in [-0.15, -0.1) is 0 Å². The first-order valence-electron chi connectivity index (χ1n) is 9.90. The zero-order chi connectivity index (χ0) is 17.1. The van der Waals surface area contributed by atoms with Crippen LogP contribution in [0.25, 0.3) is 0 Å². The lowest BCUT2D eigenvalue weighted by atomic mass is 10.0. The summed E-state index contributed by atoms with van der Waals surface area (Å²) in [6.45, 7) is 2.29.